The van der Waals surface area contributed by atoms with Gasteiger partial charge in [-0.1, -0.05) is 0 Å². The Morgan fingerprint density at radius 2 is 1.88 bits per heavy atom. The molecule has 1 heterocycles. The second kappa shape index (κ2) is 3.59. The third kappa shape index (κ3) is 1.65. The van der Waals surface area contributed by atoms with Crippen molar-refractivity contribution >= 4 is 0 Å². The van der Waals surface area contributed by atoms with Crippen molar-refractivity contribution in [2.24, 2.45) is 0 Å². The third-order valence-electron chi connectivity index (χ3n) is 2.13. The number of hydrogen-bond acceptors (Lipinski definition) is 3. The van der Waals surface area contributed by atoms with E-state index < -0.39 is 17.3 Å². The minimum Gasteiger partial charge on any atom is -0.486 e. The molecule has 0 aromatic heterocycles. The van der Waals surface area contributed by atoms with Crippen molar-refractivity contribution in [3.05, 3.63) is 23.3 Å². The summed E-state index contributed by atoms with van der Waals surface area (Å²) in [6.07, 6.45) is -4.57. The number of fused-ring (bicyclic) bond motifs is 1. The molecule has 0 fully saturated rings. The second-order valence-electron chi connectivity index (χ2n) is 3.12. The van der Waals surface area contributed by atoms with Gasteiger partial charge in [0.25, 0.3) is 0 Å². The standard InChI is InChI=1S/C10H6F3NO2/c11-10(12,13)7-1-2-8-9(6(7)5-14)16-4-3-15-8/h1-2H,3-4H2. The lowest BCUT2D eigenvalue weighted by atomic mass is 10.1. The number of alkyl halides is 3. The molecule has 0 N–H and O–H groups in total. The fraction of sp³-hybridized carbons (Fsp3) is 0.300. The van der Waals surface area contributed by atoms with Crippen LogP contribution in [0.3, 0.4) is 0 Å². The minimum atomic E-state index is -4.57. The SMILES string of the molecule is N#Cc1c(C(F)(F)F)ccc2c1OCCO2. The van der Waals surface area contributed by atoms with Crippen LogP contribution in [0, 0.1) is 11.3 Å². The zero-order valence-corrected chi connectivity index (χ0v) is 7.97. The van der Waals surface area contributed by atoms with E-state index in [0.717, 1.165) is 12.1 Å². The van der Waals surface area contributed by atoms with Gasteiger partial charge in [-0.25, -0.2) is 0 Å². The van der Waals surface area contributed by atoms with E-state index in [4.69, 9.17) is 14.7 Å². The van der Waals surface area contributed by atoms with Gasteiger partial charge in [0, 0.05) is 0 Å². The fourth-order valence-electron chi connectivity index (χ4n) is 1.46. The highest BCUT2D eigenvalue weighted by molar-refractivity contribution is 5.58. The van der Waals surface area contributed by atoms with Gasteiger partial charge in [0.2, 0.25) is 0 Å². The van der Waals surface area contributed by atoms with Gasteiger partial charge < -0.3 is 9.47 Å². The lowest BCUT2D eigenvalue weighted by Crippen LogP contribution is -2.18. The second-order valence-corrected chi connectivity index (χ2v) is 3.12. The maximum atomic E-state index is 12.6. The predicted molar refractivity (Wildman–Crippen MR) is 47.1 cm³/mol. The van der Waals surface area contributed by atoms with Crippen LogP contribution >= 0.6 is 0 Å². The van der Waals surface area contributed by atoms with Gasteiger partial charge in [-0.05, 0) is 12.1 Å². The van der Waals surface area contributed by atoms with Crippen LogP contribution in [0.1, 0.15) is 11.1 Å². The average molecular weight is 229 g/mol. The van der Waals surface area contributed by atoms with Crippen molar-refractivity contribution in [2.75, 3.05) is 13.2 Å². The minimum absolute atomic E-state index is 0.122. The van der Waals surface area contributed by atoms with E-state index in [1.165, 1.54) is 6.07 Å². The Labute approximate surface area is 89.0 Å². The Kier molecular flexibility index (Phi) is 2.38. The smallest absolute Gasteiger partial charge is 0.417 e. The zero-order valence-electron chi connectivity index (χ0n) is 7.97. The molecule has 84 valence electrons. The van der Waals surface area contributed by atoms with Gasteiger partial charge in [0.05, 0.1) is 5.56 Å². The monoisotopic (exact) mass is 229 g/mol. The summed E-state index contributed by atoms with van der Waals surface area (Å²) in [6, 6.07) is 3.50. The molecule has 0 aliphatic carbocycles. The summed E-state index contributed by atoms with van der Waals surface area (Å²) in [4.78, 5) is 0. The van der Waals surface area contributed by atoms with E-state index in [0.29, 0.717) is 0 Å². The largest absolute Gasteiger partial charge is 0.486 e. The lowest BCUT2D eigenvalue weighted by molar-refractivity contribution is -0.138. The van der Waals surface area contributed by atoms with Crippen LogP contribution in [0.5, 0.6) is 11.5 Å². The normalized spacial score (nSPS) is 14.4. The maximum Gasteiger partial charge on any atom is 0.417 e. The Bertz CT molecular complexity index is 462. The summed E-state index contributed by atoms with van der Waals surface area (Å²) < 4.78 is 47.8. The molecule has 0 spiro atoms. The first-order chi connectivity index (χ1) is 7.54. The van der Waals surface area contributed by atoms with Crippen LogP contribution in [-0.2, 0) is 6.18 Å². The van der Waals surface area contributed by atoms with Crippen molar-refractivity contribution in [1.82, 2.24) is 0 Å². The van der Waals surface area contributed by atoms with Crippen LogP contribution in [0.25, 0.3) is 0 Å². The van der Waals surface area contributed by atoms with Crippen LogP contribution in [0.2, 0.25) is 0 Å². The number of ether oxygens (including phenoxy) is 2. The molecule has 6 heteroatoms. The van der Waals surface area contributed by atoms with Crippen LogP contribution in [0.15, 0.2) is 12.1 Å². The molecule has 1 aliphatic heterocycles. The number of nitriles is 1. The maximum absolute atomic E-state index is 12.6. The molecule has 16 heavy (non-hydrogen) atoms. The molecular weight excluding hydrogens is 223 g/mol. The first kappa shape index (κ1) is 10.6. The first-order valence-electron chi connectivity index (χ1n) is 4.44. The van der Waals surface area contributed by atoms with E-state index in [-0.39, 0.29) is 24.7 Å². The summed E-state index contributed by atoms with van der Waals surface area (Å²) in [5.41, 5.74) is -1.52. The first-order valence-corrected chi connectivity index (χ1v) is 4.44. The van der Waals surface area contributed by atoms with E-state index in [9.17, 15) is 13.2 Å². The quantitative estimate of drug-likeness (QED) is 0.685. The summed E-state index contributed by atoms with van der Waals surface area (Å²) >= 11 is 0. The molecule has 1 aromatic carbocycles. The molecule has 1 aliphatic rings. The summed E-state index contributed by atoms with van der Waals surface area (Å²) in [7, 11) is 0. The van der Waals surface area contributed by atoms with Gasteiger partial charge >= 0.3 is 6.18 Å². The number of benzene rings is 1. The topological polar surface area (TPSA) is 42.2 Å². The molecule has 0 saturated heterocycles. The van der Waals surface area contributed by atoms with E-state index in [2.05, 4.69) is 0 Å². The molecule has 0 bridgehead atoms. The van der Waals surface area contributed by atoms with Crippen molar-refractivity contribution in [1.29, 1.82) is 5.26 Å². The summed E-state index contributed by atoms with van der Waals surface area (Å²) in [5.74, 6) is 0.0550. The van der Waals surface area contributed by atoms with Crippen LogP contribution in [-0.4, -0.2) is 13.2 Å². The van der Waals surface area contributed by atoms with Gasteiger partial charge in [-0.3, -0.25) is 0 Å². The van der Waals surface area contributed by atoms with Crippen molar-refractivity contribution in [2.45, 2.75) is 6.18 Å². The van der Waals surface area contributed by atoms with Crippen molar-refractivity contribution in [3.8, 4) is 17.6 Å². The highest BCUT2D eigenvalue weighted by Gasteiger charge is 2.36. The number of nitrogens with zero attached hydrogens (tertiary/aromatic N) is 1. The Hall–Kier alpha value is -1.90. The molecule has 0 radical (unpaired) electrons. The molecule has 0 atom stereocenters. The fourth-order valence-corrected chi connectivity index (χ4v) is 1.46. The number of halogens is 3. The molecular formula is C10H6F3NO2. The van der Waals surface area contributed by atoms with Gasteiger partial charge in [0.1, 0.15) is 24.8 Å². The highest BCUT2D eigenvalue weighted by atomic mass is 19.4. The Balaban J connectivity index is 2.62. The van der Waals surface area contributed by atoms with Crippen LogP contribution < -0.4 is 9.47 Å². The Morgan fingerprint density at radius 1 is 1.19 bits per heavy atom. The highest BCUT2D eigenvalue weighted by Crippen LogP contribution is 2.41. The Morgan fingerprint density at radius 3 is 2.50 bits per heavy atom. The average Bonchev–Trinajstić information content (AvgIpc) is 2.26. The van der Waals surface area contributed by atoms with Crippen LogP contribution in [0.4, 0.5) is 13.2 Å². The van der Waals surface area contributed by atoms with Crippen molar-refractivity contribution in [3.63, 3.8) is 0 Å². The molecule has 1 aromatic rings. The van der Waals surface area contributed by atoms with E-state index in [1.807, 2.05) is 0 Å². The molecule has 0 unspecified atom stereocenters. The molecule has 2 rings (SSSR count). The molecule has 0 saturated carbocycles. The van der Waals surface area contributed by atoms with Crippen molar-refractivity contribution < 1.29 is 22.6 Å². The third-order valence-corrected chi connectivity index (χ3v) is 2.13. The van der Waals surface area contributed by atoms with E-state index >= 15 is 0 Å². The zero-order chi connectivity index (χ0) is 11.8. The van der Waals surface area contributed by atoms with E-state index in [1.54, 1.807) is 0 Å². The number of hydrogen-bond donors (Lipinski definition) is 0. The van der Waals surface area contributed by atoms with Gasteiger partial charge in [-0.15, -0.1) is 0 Å². The molecule has 0 amide bonds. The molecule has 3 nitrogen and oxygen atoms in total. The number of rotatable bonds is 0. The van der Waals surface area contributed by atoms with Gasteiger partial charge in [-0.2, -0.15) is 18.4 Å². The summed E-state index contributed by atoms with van der Waals surface area (Å²) in [5, 5.41) is 8.75. The predicted octanol–water partition coefficient (Wildman–Crippen LogP) is 2.35. The lowest BCUT2D eigenvalue weighted by Gasteiger charge is -2.21. The van der Waals surface area contributed by atoms with Gasteiger partial charge in [0.15, 0.2) is 11.5 Å². The summed E-state index contributed by atoms with van der Waals surface area (Å²) in [6.45, 7) is 0.409.